The van der Waals surface area contributed by atoms with Gasteiger partial charge in [0, 0.05) is 10.5 Å². The fourth-order valence-electron chi connectivity index (χ4n) is 1.45. The quantitative estimate of drug-likeness (QED) is 0.388. The van der Waals surface area contributed by atoms with Crippen molar-refractivity contribution in [1.29, 1.82) is 5.26 Å². The molecule has 0 heterocycles. The molecule has 1 aromatic carbocycles. The van der Waals surface area contributed by atoms with Crippen LogP contribution in [0, 0.1) is 21.4 Å². The highest BCUT2D eigenvalue weighted by atomic mass is 32.1. The minimum absolute atomic E-state index is 0.146. The number of hydrogen-bond donors (Lipinski definition) is 1. The smallest absolute Gasteiger partial charge is 0.310 e. The molecule has 0 N–H and O–H groups in total. The van der Waals surface area contributed by atoms with E-state index in [1.807, 2.05) is 0 Å². The molecule has 0 aliphatic carbocycles. The van der Waals surface area contributed by atoms with Crippen LogP contribution in [0.25, 0.3) is 0 Å². The largest absolute Gasteiger partial charge is 0.466 e. The number of thiol groups is 1. The van der Waals surface area contributed by atoms with Gasteiger partial charge in [0.1, 0.15) is 11.6 Å². The number of carbonyl (C=O) groups is 1. The number of nitro benzene ring substituents is 1. The van der Waals surface area contributed by atoms with Gasteiger partial charge in [-0.05, 0) is 13.0 Å². The predicted molar refractivity (Wildman–Crippen MR) is 65.4 cm³/mol. The Kier molecular flexibility index (Phi) is 4.68. The molecule has 0 radical (unpaired) electrons. The summed E-state index contributed by atoms with van der Waals surface area (Å²) in [5.74, 6) is -0.573. The number of nitrogens with zero attached hydrogens (tertiary/aromatic N) is 2. The Balaban J connectivity index is 3.25. The van der Waals surface area contributed by atoms with Crippen LogP contribution in [0.1, 0.15) is 18.1 Å². The van der Waals surface area contributed by atoms with Gasteiger partial charge in [-0.15, -0.1) is 12.6 Å². The zero-order chi connectivity index (χ0) is 13.7. The molecule has 0 atom stereocenters. The third-order valence-corrected chi connectivity index (χ3v) is 2.55. The van der Waals surface area contributed by atoms with Crippen molar-refractivity contribution in [2.75, 3.05) is 6.61 Å². The van der Waals surface area contributed by atoms with Crippen LogP contribution in [0.4, 0.5) is 5.69 Å². The second kappa shape index (κ2) is 6.02. The minimum Gasteiger partial charge on any atom is -0.466 e. The Morgan fingerprint density at radius 2 is 2.28 bits per heavy atom. The fourth-order valence-corrected chi connectivity index (χ4v) is 1.68. The lowest BCUT2D eigenvalue weighted by molar-refractivity contribution is -0.386. The van der Waals surface area contributed by atoms with Gasteiger partial charge in [-0.2, -0.15) is 5.26 Å². The highest BCUT2D eigenvalue weighted by Gasteiger charge is 2.23. The molecule has 1 aromatic rings. The van der Waals surface area contributed by atoms with Gasteiger partial charge in [0.25, 0.3) is 5.69 Å². The first-order chi connectivity index (χ1) is 8.51. The molecule has 18 heavy (non-hydrogen) atoms. The van der Waals surface area contributed by atoms with Crippen LogP contribution < -0.4 is 0 Å². The van der Waals surface area contributed by atoms with Crippen molar-refractivity contribution in [2.24, 2.45) is 0 Å². The van der Waals surface area contributed by atoms with E-state index in [9.17, 15) is 14.9 Å². The Labute approximate surface area is 109 Å². The average molecular weight is 266 g/mol. The lowest BCUT2D eigenvalue weighted by atomic mass is 10.1. The first-order valence-electron chi connectivity index (χ1n) is 5.06. The van der Waals surface area contributed by atoms with E-state index >= 15 is 0 Å². The molecule has 6 nitrogen and oxygen atoms in total. The predicted octanol–water partition coefficient (Wildman–Crippen LogP) is 1.86. The highest BCUT2D eigenvalue weighted by molar-refractivity contribution is 7.80. The molecule has 0 aliphatic rings. The molecule has 0 saturated carbocycles. The van der Waals surface area contributed by atoms with Crippen LogP contribution in [0.5, 0.6) is 0 Å². The third-order valence-electron chi connectivity index (χ3n) is 2.17. The summed E-state index contributed by atoms with van der Waals surface area (Å²) in [5, 5.41) is 19.9. The summed E-state index contributed by atoms with van der Waals surface area (Å²) in [6.45, 7) is 1.84. The number of nitro groups is 1. The monoisotopic (exact) mass is 266 g/mol. The maximum absolute atomic E-state index is 11.3. The van der Waals surface area contributed by atoms with Gasteiger partial charge in [0.15, 0.2) is 0 Å². The number of nitriles is 1. The molecule has 7 heteroatoms. The maximum atomic E-state index is 11.3. The molecular formula is C11H10N2O4S. The molecule has 0 spiro atoms. The highest BCUT2D eigenvalue weighted by Crippen LogP contribution is 2.29. The Morgan fingerprint density at radius 1 is 1.61 bits per heavy atom. The van der Waals surface area contributed by atoms with E-state index in [-0.39, 0.29) is 29.1 Å². The van der Waals surface area contributed by atoms with Gasteiger partial charge in [-0.3, -0.25) is 14.9 Å². The van der Waals surface area contributed by atoms with Crippen LogP contribution in [-0.4, -0.2) is 17.5 Å². The van der Waals surface area contributed by atoms with E-state index in [0.29, 0.717) is 0 Å². The Bertz CT molecular complexity index is 537. The molecule has 0 saturated heterocycles. The summed E-state index contributed by atoms with van der Waals surface area (Å²) in [4.78, 5) is 21.8. The van der Waals surface area contributed by atoms with Crippen LogP contribution in [-0.2, 0) is 16.0 Å². The molecule has 0 aromatic heterocycles. The number of carbonyl (C=O) groups excluding carboxylic acids is 1. The number of hydrogen-bond acceptors (Lipinski definition) is 6. The lowest BCUT2D eigenvalue weighted by Gasteiger charge is -2.05. The number of benzene rings is 1. The summed E-state index contributed by atoms with van der Waals surface area (Å²) in [6, 6.07) is 4.57. The second-order valence-corrected chi connectivity index (χ2v) is 3.80. The van der Waals surface area contributed by atoms with Gasteiger partial charge in [0.05, 0.1) is 18.0 Å². The lowest BCUT2D eigenvalue weighted by Crippen LogP contribution is -2.10. The molecule has 94 valence electrons. The van der Waals surface area contributed by atoms with Gasteiger partial charge < -0.3 is 4.74 Å². The molecular weight excluding hydrogens is 256 g/mol. The first-order valence-corrected chi connectivity index (χ1v) is 5.51. The van der Waals surface area contributed by atoms with E-state index in [2.05, 4.69) is 12.6 Å². The van der Waals surface area contributed by atoms with Crippen LogP contribution in [0.15, 0.2) is 17.0 Å². The van der Waals surface area contributed by atoms with Gasteiger partial charge in [-0.1, -0.05) is 6.07 Å². The average Bonchev–Trinajstić information content (AvgIpc) is 2.30. The normalized spacial score (nSPS) is 9.61. The van der Waals surface area contributed by atoms with Crippen molar-refractivity contribution >= 4 is 24.3 Å². The molecule has 0 unspecified atom stereocenters. The van der Waals surface area contributed by atoms with Crippen molar-refractivity contribution in [2.45, 2.75) is 18.2 Å². The van der Waals surface area contributed by atoms with E-state index in [1.54, 1.807) is 13.0 Å². The summed E-state index contributed by atoms with van der Waals surface area (Å²) < 4.78 is 4.72. The van der Waals surface area contributed by atoms with Crippen molar-refractivity contribution in [3.8, 4) is 6.07 Å². The van der Waals surface area contributed by atoms with E-state index in [0.717, 1.165) is 0 Å². The first kappa shape index (κ1) is 14.0. The van der Waals surface area contributed by atoms with E-state index in [1.165, 1.54) is 12.1 Å². The maximum Gasteiger partial charge on any atom is 0.310 e. The number of ether oxygens (including phenoxy) is 1. The summed E-state index contributed by atoms with van der Waals surface area (Å²) in [7, 11) is 0. The van der Waals surface area contributed by atoms with Crippen LogP contribution >= 0.6 is 12.6 Å². The molecule has 0 amide bonds. The zero-order valence-corrected chi connectivity index (χ0v) is 10.4. The summed E-state index contributed by atoms with van der Waals surface area (Å²) in [5.41, 5.74) is -0.393. The molecule has 0 bridgehead atoms. The van der Waals surface area contributed by atoms with Crippen LogP contribution in [0.2, 0.25) is 0 Å². The Hall–Kier alpha value is -2.07. The van der Waals surface area contributed by atoms with Crippen molar-refractivity contribution in [3.05, 3.63) is 33.4 Å². The standard InChI is InChI=1S/C11H10N2O4S/c1-2-17-10(14)5-7-3-4-9(18)8(6-12)11(7)13(15)16/h3-4,18H,2,5H2,1H3. The van der Waals surface area contributed by atoms with Crippen LogP contribution in [0.3, 0.4) is 0 Å². The fraction of sp³-hybridized carbons (Fsp3) is 0.273. The summed E-state index contributed by atoms with van der Waals surface area (Å²) >= 11 is 3.98. The molecule has 0 aliphatic heterocycles. The minimum atomic E-state index is -0.688. The number of rotatable bonds is 4. The van der Waals surface area contributed by atoms with Crippen molar-refractivity contribution in [1.82, 2.24) is 0 Å². The van der Waals surface area contributed by atoms with Gasteiger partial charge >= 0.3 is 5.97 Å². The Morgan fingerprint density at radius 3 is 2.78 bits per heavy atom. The van der Waals surface area contributed by atoms with E-state index < -0.39 is 16.6 Å². The SMILES string of the molecule is CCOC(=O)Cc1ccc(S)c(C#N)c1[N+](=O)[O-]. The van der Waals surface area contributed by atoms with Gasteiger partial charge in [0.2, 0.25) is 0 Å². The zero-order valence-electron chi connectivity index (χ0n) is 9.54. The van der Waals surface area contributed by atoms with E-state index in [4.69, 9.17) is 10.00 Å². The second-order valence-electron chi connectivity index (χ2n) is 3.32. The molecule has 0 fully saturated rings. The topological polar surface area (TPSA) is 93.2 Å². The molecule has 1 rings (SSSR count). The van der Waals surface area contributed by atoms with Crippen molar-refractivity contribution in [3.63, 3.8) is 0 Å². The third kappa shape index (κ3) is 2.99. The number of esters is 1. The van der Waals surface area contributed by atoms with Crippen molar-refractivity contribution < 1.29 is 14.5 Å². The van der Waals surface area contributed by atoms with Gasteiger partial charge in [-0.25, -0.2) is 0 Å². The summed E-state index contributed by atoms with van der Waals surface area (Å²) in [6.07, 6.45) is -0.243.